The summed E-state index contributed by atoms with van der Waals surface area (Å²) in [7, 11) is 0. The summed E-state index contributed by atoms with van der Waals surface area (Å²) >= 11 is 0. The van der Waals surface area contributed by atoms with Gasteiger partial charge in [-0.05, 0) is 74.0 Å². The highest BCUT2D eigenvalue weighted by molar-refractivity contribution is 5.71. The van der Waals surface area contributed by atoms with Gasteiger partial charge in [0.25, 0.3) is 0 Å². The van der Waals surface area contributed by atoms with Gasteiger partial charge in [0.05, 0.1) is 0 Å². The third kappa shape index (κ3) is 2.64. The monoisotopic (exact) mass is 292 g/mol. The lowest BCUT2D eigenvalue weighted by molar-refractivity contribution is 0.372. The highest BCUT2D eigenvalue weighted by Crippen LogP contribution is 2.37. The van der Waals surface area contributed by atoms with Crippen LogP contribution in [0.1, 0.15) is 24.0 Å². The zero-order chi connectivity index (χ0) is 14.8. The summed E-state index contributed by atoms with van der Waals surface area (Å²) in [6.07, 6.45) is 5.09. The van der Waals surface area contributed by atoms with E-state index in [-0.39, 0.29) is 0 Å². The van der Waals surface area contributed by atoms with Crippen LogP contribution in [0.5, 0.6) is 0 Å². The predicted molar refractivity (Wildman–Crippen MR) is 92.9 cm³/mol. The SMILES string of the molecule is c1ccc(N2CCc3c(CC4CCNCC4)cccc32)cc1. The van der Waals surface area contributed by atoms with E-state index in [9.17, 15) is 0 Å². The molecule has 0 aliphatic carbocycles. The molecule has 2 aromatic carbocycles. The van der Waals surface area contributed by atoms with E-state index in [1.54, 1.807) is 11.1 Å². The van der Waals surface area contributed by atoms with Crippen LogP contribution in [-0.4, -0.2) is 19.6 Å². The van der Waals surface area contributed by atoms with E-state index >= 15 is 0 Å². The number of nitrogens with zero attached hydrogens (tertiary/aromatic N) is 1. The minimum Gasteiger partial charge on any atom is -0.341 e. The van der Waals surface area contributed by atoms with Crippen LogP contribution in [0, 0.1) is 5.92 Å². The summed E-state index contributed by atoms with van der Waals surface area (Å²) in [5, 5.41) is 3.47. The van der Waals surface area contributed by atoms with Gasteiger partial charge in [-0.1, -0.05) is 30.3 Å². The molecule has 2 heterocycles. The van der Waals surface area contributed by atoms with Crippen LogP contribution in [0.15, 0.2) is 48.5 Å². The molecular formula is C20H24N2. The largest absolute Gasteiger partial charge is 0.341 e. The Morgan fingerprint density at radius 1 is 0.955 bits per heavy atom. The number of benzene rings is 2. The van der Waals surface area contributed by atoms with Crippen LogP contribution in [0.4, 0.5) is 11.4 Å². The van der Waals surface area contributed by atoms with Crippen LogP contribution >= 0.6 is 0 Å². The first kappa shape index (κ1) is 13.8. The Bertz CT molecular complexity index is 629. The Kier molecular flexibility index (Phi) is 3.86. The van der Waals surface area contributed by atoms with Gasteiger partial charge in [-0.2, -0.15) is 0 Å². The topological polar surface area (TPSA) is 15.3 Å². The first-order valence-corrected chi connectivity index (χ1v) is 8.56. The maximum atomic E-state index is 3.47. The van der Waals surface area contributed by atoms with Crippen molar-refractivity contribution >= 4 is 11.4 Å². The number of anilines is 2. The number of fused-ring (bicyclic) bond motifs is 1. The van der Waals surface area contributed by atoms with Gasteiger partial charge in [-0.15, -0.1) is 0 Å². The molecule has 2 nitrogen and oxygen atoms in total. The average molecular weight is 292 g/mol. The Hall–Kier alpha value is -1.80. The molecule has 0 bridgehead atoms. The molecule has 2 aromatic rings. The van der Waals surface area contributed by atoms with Crippen molar-refractivity contribution in [2.45, 2.75) is 25.7 Å². The van der Waals surface area contributed by atoms with E-state index in [0.29, 0.717) is 0 Å². The number of hydrogen-bond donors (Lipinski definition) is 1. The predicted octanol–water partition coefficient (Wildman–Crippen LogP) is 3.92. The fourth-order valence-corrected chi connectivity index (χ4v) is 3.97. The molecule has 0 atom stereocenters. The normalized spacial score (nSPS) is 18.5. The molecule has 1 saturated heterocycles. The Labute approximate surface area is 133 Å². The van der Waals surface area contributed by atoms with Crippen LogP contribution < -0.4 is 10.2 Å². The standard InChI is InChI=1S/C20H24N2/c1-2-6-18(7-3-1)22-14-11-19-17(5-4-8-20(19)22)15-16-9-12-21-13-10-16/h1-8,16,21H,9-15H2. The molecule has 2 heteroatoms. The van der Waals surface area contributed by atoms with Gasteiger partial charge in [0, 0.05) is 17.9 Å². The summed E-state index contributed by atoms with van der Waals surface area (Å²) in [4.78, 5) is 2.47. The molecular weight excluding hydrogens is 268 g/mol. The van der Waals surface area contributed by atoms with Crippen LogP contribution in [0.2, 0.25) is 0 Å². The molecule has 0 spiro atoms. The van der Waals surface area contributed by atoms with Gasteiger partial charge >= 0.3 is 0 Å². The molecule has 1 N–H and O–H groups in total. The first-order valence-electron chi connectivity index (χ1n) is 8.56. The number of piperidine rings is 1. The van der Waals surface area contributed by atoms with E-state index in [0.717, 1.165) is 12.5 Å². The van der Waals surface area contributed by atoms with E-state index in [1.807, 2.05) is 0 Å². The Morgan fingerprint density at radius 2 is 1.77 bits per heavy atom. The highest BCUT2D eigenvalue weighted by atomic mass is 15.2. The van der Waals surface area contributed by atoms with E-state index in [2.05, 4.69) is 58.7 Å². The van der Waals surface area contributed by atoms with Gasteiger partial charge < -0.3 is 10.2 Å². The lowest BCUT2D eigenvalue weighted by Gasteiger charge is -2.24. The van der Waals surface area contributed by atoms with E-state index < -0.39 is 0 Å². The summed E-state index contributed by atoms with van der Waals surface area (Å²) in [6, 6.07) is 17.7. The minimum atomic E-state index is 0.860. The molecule has 1 fully saturated rings. The second kappa shape index (κ2) is 6.13. The molecule has 114 valence electrons. The van der Waals surface area contributed by atoms with Crippen molar-refractivity contribution < 1.29 is 0 Å². The Balaban J connectivity index is 1.60. The van der Waals surface area contributed by atoms with Crippen LogP contribution in [0.25, 0.3) is 0 Å². The molecule has 2 aliphatic heterocycles. The van der Waals surface area contributed by atoms with Crippen molar-refractivity contribution in [2.24, 2.45) is 5.92 Å². The fraction of sp³-hybridized carbons (Fsp3) is 0.400. The zero-order valence-electron chi connectivity index (χ0n) is 13.1. The molecule has 22 heavy (non-hydrogen) atoms. The van der Waals surface area contributed by atoms with Gasteiger partial charge in [-0.3, -0.25) is 0 Å². The van der Waals surface area contributed by atoms with Crippen LogP contribution in [-0.2, 0) is 12.8 Å². The van der Waals surface area contributed by atoms with Gasteiger partial charge in [0.1, 0.15) is 0 Å². The number of hydrogen-bond acceptors (Lipinski definition) is 2. The lowest BCUT2D eigenvalue weighted by Crippen LogP contribution is -2.28. The van der Waals surface area contributed by atoms with Crippen molar-refractivity contribution in [3.63, 3.8) is 0 Å². The van der Waals surface area contributed by atoms with Crippen molar-refractivity contribution in [3.8, 4) is 0 Å². The molecule has 0 saturated carbocycles. The summed E-state index contributed by atoms with van der Waals surface area (Å²) in [5.74, 6) is 0.860. The first-order chi connectivity index (χ1) is 10.9. The molecule has 2 aliphatic rings. The third-order valence-electron chi connectivity index (χ3n) is 5.16. The van der Waals surface area contributed by atoms with Crippen molar-refractivity contribution in [3.05, 3.63) is 59.7 Å². The fourth-order valence-electron chi connectivity index (χ4n) is 3.97. The quantitative estimate of drug-likeness (QED) is 0.922. The van der Waals surface area contributed by atoms with Crippen LogP contribution in [0.3, 0.4) is 0 Å². The van der Waals surface area contributed by atoms with Gasteiger partial charge in [0.15, 0.2) is 0 Å². The van der Waals surface area contributed by atoms with E-state index in [1.165, 1.54) is 50.1 Å². The molecule has 0 unspecified atom stereocenters. The number of nitrogens with one attached hydrogen (secondary N) is 1. The van der Waals surface area contributed by atoms with E-state index in [4.69, 9.17) is 0 Å². The van der Waals surface area contributed by atoms with Crippen molar-refractivity contribution in [1.82, 2.24) is 5.32 Å². The minimum absolute atomic E-state index is 0.860. The zero-order valence-corrected chi connectivity index (χ0v) is 13.1. The number of para-hydroxylation sites is 1. The average Bonchev–Trinajstić information content (AvgIpc) is 3.02. The van der Waals surface area contributed by atoms with Crippen molar-refractivity contribution in [2.75, 3.05) is 24.5 Å². The highest BCUT2D eigenvalue weighted by Gasteiger charge is 2.24. The Morgan fingerprint density at radius 3 is 2.59 bits per heavy atom. The molecule has 0 radical (unpaired) electrons. The smallest absolute Gasteiger partial charge is 0.0446 e. The third-order valence-corrected chi connectivity index (χ3v) is 5.16. The molecule has 4 rings (SSSR count). The number of rotatable bonds is 3. The van der Waals surface area contributed by atoms with Gasteiger partial charge in [-0.25, -0.2) is 0 Å². The summed E-state index contributed by atoms with van der Waals surface area (Å²) in [6.45, 7) is 3.49. The second-order valence-corrected chi connectivity index (χ2v) is 6.55. The maximum absolute atomic E-state index is 3.47. The lowest BCUT2D eigenvalue weighted by atomic mass is 9.88. The molecule has 0 aromatic heterocycles. The van der Waals surface area contributed by atoms with Crippen molar-refractivity contribution in [1.29, 1.82) is 0 Å². The second-order valence-electron chi connectivity index (χ2n) is 6.55. The molecule has 0 amide bonds. The summed E-state index contributed by atoms with van der Waals surface area (Å²) in [5.41, 5.74) is 5.92. The van der Waals surface area contributed by atoms with Gasteiger partial charge in [0.2, 0.25) is 0 Å². The maximum Gasteiger partial charge on any atom is 0.0446 e. The summed E-state index contributed by atoms with van der Waals surface area (Å²) < 4.78 is 0.